The Morgan fingerprint density at radius 1 is 1.04 bits per heavy atom. The van der Waals surface area contributed by atoms with E-state index in [-0.39, 0.29) is 9.92 Å². The van der Waals surface area contributed by atoms with Crippen LogP contribution in [0, 0.1) is 0 Å². The van der Waals surface area contributed by atoms with Crippen LogP contribution in [0.5, 0.6) is 5.75 Å². The highest BCUT2D eigenvalue weighted by Gasteiger charge is 2.31. The molecule has 26 heavy (non-hydrogen) atoms. The lowest BCUT2D eigenvalue weighted by atomic mass is 10.1. The summed E-state index contributed by atoms with van der Waals surface area (Å²) in [6, 6.07) is 10.7. The Bertz CT molecular complexity index is 940. The lowest BCUT2D eigenvalue weighted by Crippen LogP contribution is -2.29. The molecule has 0 amide bonds. The molecule has 1 saturated heterocycles. The number of rotatable bonds is 4. The van der Waals surface area contributed by atoms with Gasteiger partial charge in [-0.2, -0.15) is 0 Å². The van der Waals surface area contributed by atoms with E-state index in [1.54, 1.807) is 6.07 Å². The number of hydrogen-bond donors (Lipinski definition) is 0. The third kappa shape index (κ3) is 2.91. The summed E-state index contributed by atoms with van der Waals surface area (Å²) in [6.45, 7) is 2.60. The lowest BCUT2D eigenvalue weighted by Gasteiger charge is -2.22. The quantitative estimate of drug-likeness (QED) is 0.796. The third-order valence-electron chi connectivity index (χ3n) is 5.10. The van der Waals surface area contributed by atoms with Gasteiger partial charge in [0.15, 0.2) is 0 Å². The molecule has 0 bridgehead atoms. The Labute approximate surface area is 159 Å². The van der Waals surface area contributed by atoms with Gasteiger partial charge in [-0.1, -0.05) is 11.6 Å². The maximum absolute atomic E-state index is 13.1. The average Bonchev–Trinajstić information content (AvgIpc) is 3.30. The van der Waals surface area contributed by atoms with Gasteiger partial charge < -0.3 is 9.64 Å². The lowest BCUT2D eigenvalue weighted by molar-refractivity contribution is 0.414. The molecule has 0 unspecified atom stereocenters. The summed E-state index contributed by atoms with van der Waals surface area (Å²) < 4.78 is 32.8. The first-order valence-corrected chi connectivity index (χ1v) is 10.6. The van der Waals surface area contributed by atoms with Crippen molar-refractivity contribution in [1.82, 2.24) is 0 Å². The Kier molecular flexibility index (Phi) is 4.49. The van der Waals surface area contributed by atoms with Crippen LogP contribution < -0.4 is 13.9 Å². The second-order valence-corrected chi connectivity index (χ2v) is 8.90. The molecule has 2 heterocycles. The Balaban J connectivity index is 1.66. The summed E-state index contributed by atoms with van der Waals surface area (Å²) in [4.78, 5) is 2.54. The van der Waals surface area contributed by atoms with Crippen LogP contribution in [0.3, 0.4) is 0 Å². The first kappa shape index (κ1) is 17.5. The van der Waals surface area contributed by atoms with Crippen molar-refractivity contribution in [2.45, 2.75) is 24.2 Å². The highest BCUT2D eigenvalue weighted by Crippen LogP contribution is 2.37. The Morgan fingerprint density at radius 2 is 1.81 bits per heavy atom. The van der Waals surface area contributed by atoms with Crippen LogP contribution in [0.4, 0.5) is 11.4 Å². The van der Waals surface area contributed by atoms with Crippen molar-refractivity contribution in [2.24, 2.45) is 0 Å². The second-order valence-electron chi connectivity index (χ2n) is 6.63. The van der Waals surface area contributed by atoms with Crippen LogP contribution in [0.25, 0.3) is 0 Å². The second kappa shape index (κ2) is 6.67. The molecule has 0 atom stereocenters. The van der Waals surface area contributed by atoms with Gasteiger partial charge in [-0.15, -0.1) is 0 Å². The molecule has 0 aromatic heterocycles. The van der Waals surface area contributed by atoms with Crippen molar-refractivity contribution in [3.63, 3.8) is 0 Å². The summed E-state index contributed by atoms with van der Waals surface area (Å²) in [5.41, 5.74) is 3.03. The molecule has 0 saturated carbocycles. The number of halogens is 1. The van der Waals surface area contributed by atoms with E-state index >= 15 is 0 Å². The first-order chi connectivity index (χ1) is 12.5. The van der Waals surface area contributed by atoms with Gasteiger partial charge in [0, 0.05) is 25.3 Å². The number of sulfonamides is 1. The first-order valence-electron chi connectivity index (χ1n) is 8.75. The molecule has 0 aliphatic carbocycles. The molecule has 0 N–H and O–H groups in total. The minimum atomic E-state index is -3.65. The largest absolute Gasteiger partial charge is 0.495 e. The smallest absolute Gasteiger partial charge is 0.264 e. The normalized spacial score (nSPS) is 16.8. The molecule has 2 aromatic rings. The summed E-state index contributed by atoms with van der Waals surface area (Å²) in [7, 11) is -2.15. The molecule has 0 radical (unpaired) electrons. The van der Waals surface area contributed by atoms with Crippen LogP contribution in [0.1, 0.15) is 18.4 Å². The molecule has 138 valence electrons. The van der Waals surface area contributed by atoms with Crippen molar-refractivity contribution >= 4 is 33.0 Å². The van der Waals surface area contributed by atoms with E-state index in [1.807, 2.05) is 12.1 Å². The molecule has 1 fully saturated rings. The summed E-state index contributed by atoms with van der Waals surface area (Å²) in [6.07, 6.45) is 3.16. The number of methoxy groups -OCH3 is 1. The molecule has 0 spiro atoms. The van der Waals surface area contributed by atoms with Crippen molar-refractivity contribution in [3.05, 3.63) is 47.0 Å². The van der Waals surface area contributed by atoms with Gasteiger partial charge in [0.25, 0.3) is 10.0 Å². The number of nitrogens with zero attached hydrogens (tertiary/aromatic N) is 2. The van der Waals surface area contributed by atoms with E-state index < -0.39 is 10.0 Å². The van der Waals surface area contributed by atoms with E-state index in [4.69, 9.17) is 16.3 Å². The Morgan fingerprint density at radius 3 is 2.50 bits per heavy atom. The van der Waals surface area contributed by atoms with Gasteiger partial charge in [-0.25, -0.2) is 8.42 Å². The van der Waals surface area contributed by atoms with Crippen LogP contribution in [0.2, 0.25) is 5.02 Å². The molecule has 7 heteroatoms. The molecular formula is C19H21ClN2O3S. The van der Waals surface area contributed by atoms with E-state index in [9.17, 15) is 8.42 Å². The topological polar surface area (TPSA) is 49.9 Å². The predicted molar refractivity (Wildman–Crippen MR) is 104 cm³/mol. The minimum absolute atomic E-state index is 0.180. The maximum Gasteiger partial charge on any atom is 0.264 e. The van der Waals surface area contributed by atoms with E-state index in [0.717, 1.165) is 30.8 Å². The SMILES string of the molecule is COc1ccc(S(=O)(=O)N2CCc3cc(N4CCCC4)ccc32)cc1Cl. The predicted octanol–water partition coefficient (Wildman–Crippen LogP) is 3.70. The van der Waals surface area contributed by atoms with Crippen LogP contribution in [0.15, 0.2) is 41.3 Å². The van der Waals surface area contributed by atoms with Crippen molar-refractivity contribution in [1.29, 1.82) is 0 Å². The van der Waals surface area contributed by atoms with Crippen molar-refractivity contribution in [2.75, 3.05) is 35.9 Å². The van der Waals surface area contributed by atoms with E-state index in [0.29, 0.717) is 12.3 Å². The fraction of sp³-hybridized carbons (Fsp3) is 0.368. The molecular weight excluding hydrogens is 372 g/mol. The fourth-order valence-corrected chi connectivity index (χ4v) is 5.57. The zero-order valence-corrected chi connectivity index (χ0v) is 16.2. The number of hydrogen-bond acceptors (Lipinski definition) is 4. The van der Waals surface area contributed by atoms with Gasteiger partial charge in [0.1, 0.15) is 5.75 Å². The molecule has 2 aliphatic heterocycles. The minimum Gasteiger partial charge on any atom is -0.495 e. The van der Waals surface area contributed by atoms with Gasteiger partial charge in [-0.3, -0.25) is 4.31 Å². The van der Waals surface area contributed by atoms with Gasteiger partial charge in [0.05, 0.1) is 22.7 Å². The highest BCUT2D eigenvalue weighted by molar-refractivity contribution is 7.92. The number of benzene rings is 2. The molecule has 2 aromatic carbocycles. The number of anilines is 2. The van der Waals surface area contributed by atoms with Crippen LogP contribution >= 0.6 is 11.6 Å². The molecule has 2 aliphatic rings. The summed E-state index contributed by atoms with van der Waals surface area (Å²) >= 11 is 6.12. The van der Waals surface area contributed by atoms with Gasteiger partial charge in [0.2, 0.25) is 0 Å². The monoisotopic (exact) mass is 392 g/mol. The van der Waals surface area contributed by atoms with Crippen molar-refractivity contribution < 1.29 is 13.2 Å². The zero-order chi connectivity index (χ0) is 18.3. The number of fused-ring (bicyclic) bond motifs is 1. The van der Waals surface area contributed by atoms with Gasteiger partial charge >= 0.3 is 0 Å². The fourth-order valence-electron chi connectivity index (χ4n) is 3.71. The third-order valence-corrected chi connectivity index (χ3v) is 7.20. The number of ether oxygens (including phenoxy) is 1. The van der Waals surface area contributed by atoms with Crippen LogP contribution in [-0.4, -0.2) is 35.2 Å². The van der Waals surface area contributed by atoms with Crippen LogP contribution in [-0.2, 0) is 16.4 Å². The summed E-state index contributed by atoms with van der Waals surface area (Å²) in [5, 5.41) is 0.289. The maximum atomic E-state index is 13.1. The van der Waals surface area contributed by atoms with E-state index in [2.05, 4.69) is 11.0 Å². The average molecular weight is 393 g/mol. The van der Waals surface area contributed by atoms with Gasteiger partial charge in [-0.05, 0) is 61.2 Å². The standard InChI is InChI=1S/C19H21ClN2O3S/c1-25-19-7-5-16(13-17(19)20)26(23,24)22-11-8-14-12-15(4-6-18(14)22)21-9-2-3-10-21/h4-7,12-13H,2-3,8-11H2,1H3. The zero-order valence-electron chi connectivity index (χ0n) is 14.6. The molecule has 5 nitrogen and oxygen atoms in total. The van der Waals surface area contributed by atoms with E-state index in [1.165, 1.54) is 42.1 Å². The molecule has 4 rings (SSSR count). The van der Waals surface area contributed by atoms with Crippen molar-refractivity contribution in [3.8, 4) is 5.75 Å². The Hall–Kier alpha value is -1.92. The summed E-state index contributed by atoms with van der Waals surface area (Å²) in [5.74, 6) is 0.461. The highest BCUT2D eigenvalue weighted by atomic mass is 35.5.